The molecule has 1 aromatic heterocycles. The Bertz CT molecular complexity index is 850. The van der Waals surface area contributed by atoms with Crippen LogP contribution >= 0.6 is 11.3 Å². The summed E-state index contributed by atoms with van der Waals surface area (Å²) in [5.74, 6) is 0.656. The Hall–Kier alpha value is -2.46. The van der Waals surface area contributed by atoms with Gasteiger partial charge in [0.1, 0.15) is 0 Å². The molecule has 0 spiro atoms. The molecule has 25 heavy (non-hydrogen) atoms. The van der Waals surface area contributed by atoms with Crippen molar-refractivity contribution >= 4 is 27.9 Å². The molecule has 1 unspecified atom stereocenters. The van der Waals surface area contributed by atoms with E-state index in [1.807, 2.05) is 24.3 Å². The molecule has 0 saturated heterocycles. The van der Waals surface area contributed by atoms with E-state index in [9.17, 15) is 4.79 Å². The van der Waals surface area contributed by atoms with Crippen molar-refractivity contribution in [2.75, 3.05) is 5.32 Å². The Morgan fingerprint density at radius 3 is 2.40 bits per heavy atom. The number of nitrogens with zero attached hydrogens (tertiary/aromatic N) is 1. The first kappa shape index (κ1) is 17.4. The summed E-state index contributed by atoms with van der Waals surface area (Å²) in [6, 6.07) is 16.1. The molecular formula is C21H22N2OS. The van der Waals surface area contributed by atoms with Crippen molar-refractivity contribution < 1.29 is 4.79 Å². The molecule has 3 aromatic rings. The molecule has 0 aliphatic heterocycles. The van der Waals surface area contributed by atoms with Crippen LogP contribution in [0.2, 0.25) is 0 Å². The molecule has 3 nitrogen and oxygen atoms in total. The molecule has 1 heterocycles. The first-order chi connectivity index (χ1) is 12.1. The molecule has 3 rings (SSSR count). The fourth-order valence-corrected chi connectivity index (χ4v) is 3.33. The third kappa shape index (κ3) is 4.15. The molecule has 0 radical (unpaired) electrons. The number of aromatic nitrogens is 1. The number of Topliss-reactive ketones (excluding diaryl/α,β-unsaturated/α-hetero) is 1. The largest absolute Gasteiger partial charge is 0.332 e. The zero-order valence-corrected chi connectivity index (χ0v) is 15.6. The van der Waals surface area contributed by atoms with Gasteiger partial charge >= 0.3 is 0 Å². The van der Waals surface area contributed by atoms with Crippen molar-refractivity contribution in [3.8, 4) is 11.3 Å². The average Bonchev–Trinajstić information content (AvgIpc) is 3.10. The summed E-state index contributed by atoms with van der Waals surface area (Å²) in [4.78, 5) is 16.0. The number of benzene rings is 2. The van der Waals surface area contributed by atoms with Crippen LogP contribution < -0.4 is 5.32 Å². The average molecular weight is 350 g/mol. The lowest BCUT2D eigenvalue weighted by atomic mass is 9.97. The van der Waals surface area contributed by atoms with Crippen LogP contribution in [-0.2, 0) is 0 Å². The van der Waals surface area contributed by atoms with E-state index >= 15 is 0 Å². The molecule has 2 aromatic carbocycles. The molecule has 1 N–H and O–H groups in total. The molecule has 0 saturated carbocycles. The van der Waals surface area contributed by atoms with Crippen molar-refractivity contribution in [2.45, 2.75) is 33.1 Å². The van der Waals surface area contributed by atoms with Gasteiger partial charge < -0.3 is 5.32 Å². The fraction of sp³-hybridized carbons (Fsp3) is 0.238. The number of carbonyl (C=O) groups excluding carboxylic acids is 1. The van der Waals surface area contributed by atoms with Crippen molar-refractivity contribution in [1.29, 1.82) is 0 Å². The standard InChI is InChI=1S/C21H22N2OS/c1-4-14(2)16-5-7-18(8-6-16)20-13-25-21(23-20)22-19-11-9-17(10-12-19)15(3)24/h5-14H,4H2,1-3H3,(H,22,23). The minimum Gasteiger partial charge on any atom is -0.332 e. The highest BCUT2D eigenvalue weighted by molar-refractivity contribution is 7.14. The first-order valence-electron chi connectivity index (χ1n) is 8.50. The third-order valence-corrected chi connectivity index (χ3v) is 5.19. The first-order valence-corrected chi connectivity index (χ1v) is 9.38. The lowest BCUT2D eigenvalue weighted by Gasteiger charge is -2.09. The summed E-state index contributed by atoms with van der Waals surface area (Å²) in [5.41, 5.74) is 5.11. The van der Waals surface area contributed by atoms with Crippen molar-refractivity contribution in [3.63, 3.8) is 0 Å². The van der Waals surface area contributed by atoms with E-state index in [-0.39, 0.29) is 5.78 Å². The van der Waals surface area contributed by atoms with Gasteiger partial charge in [0.25, 0.3) is 0 Å². The Kier molecular flexibility index (Phi) is 5.29. The van der Waals surface area contributed by atoms with Crippen molar-refractivity contribution in [1.82, 2.24) is 4.98 Å². The second-order valence-corrected chi connectivity index (χ2v) is 7.09. The SMILES string of the molecule is CCC(C)c1ccc(-c2csc(Nc3ccc(C(C)=O)cc3)n2)cc1. The highest BCUT2D eigenvalue weighted by Crippen LogP contribution is 2.28. The lowest BCUT2D eigenvalue weighted by Crippen LogP contribution is -1.94. The number of hydrogen-bond acceptors (Lipinski definition) is 4. The van der Waals surface area contributed by atoms with Gasteiger partial charge in [0.05, 0.1) is 5.69 Å². The van der Waals surface area contributed by atoms with Gasteiger partial charge in [-0.2, -0.15) is 0 Å². The van der Waals surface area contributed by atoms with Gasteiger partial charge in [-0.3, -0.25) is 4.79 Å². The Labute approximate surface area is 152 Å². The van der Waals surface area contributed by atoms with Crippen LogP contribution in [0.5, 0.6) is 0 Å². The summed E-state index contributed by atoms with van der Waals surface area (Å²) in [6.07, 6.45) is 1.15. The van der Waals surface area contributed by atoms with Crippen LogP contribution in [0.4, 0.5) is 10.8 Å². The molecule has 0 bridgehead atoms. The van der Waals surface area contributed by atoms with Gasteiger partial charge in [-0.15, -0.1) is 11.3 Å². The van der Waals surface area contributed by atoms with Gasteiger partial charge in [0, 0.05) is 22.2 Å². The van der Waals surface area contributed by atoms with Gasteiger partial charge in [-0.25, -0.2) is 4.98 Å². The van der Waals surface area contributed by atoms with Gasteiger partial charge in [-0.05, 0) is 49.1 Å². The highest BCUT2D eigenvalue weighted by atomic mass is 32.1. The minimum absolute atomic E-state index is 0.0731. The van der Waals surface area contributed by atoms with E-state index in [4.69, 9.17) is 0 Å². The topological polar surface area (TPSA) is 42.0 Å². The van der Waals surface area contributed by atoms with E-state index in [0.717, 1.165) is 28.5 Å². The Balaban J connectivity index is 1.72. The lowest BCUT2D eigenvalue weighted by molar-refractivity contribution is 0.101. The summed E-state index contributed by atoms with van der Waals surface area (Å²) in [6.45, 7) is 6.03. The monoisotopic (exact) mass is 350 g/mol. The van der Waals surface area contributed by atoms with E-state index in [1.165, 1.54) is 5.56 Å². The van der Waals surface area contributed by atoms with Crippen LogP contribution in [0, 0.1) is 0 Å². The quantitative estimate of drug-likeness (QED) is 0.533. The van der Waals surface area contributed by atoms with Crippen LogP contribution in [0.15, 0.2) is 53.9 Å². The number of thiazole rings is 1. The van der Waals surface area contributed by atoms with Gasteiger partial charge in [0.2, 0.25) is 0 Å². The predicted octanol–water partition coefficient (Wildman–Crippen LogP) is 6.27. The number of hydrogen-bond donors (Lipinski definition) is 1. The second kappa shape index (κ2) is 7.62. The second-order valence-electron chi connectivity index (χ2n) is 6.23. The normalized spacial score (nSPS) is 12.0. The molecule has 4 heteroatoms. The molecule has 0 amide bonds. The van der Waals surface area contributed by atoms with Crippen LogP contribution in [0.3, 0.4) is 0 Å². The highest BCUT2D eigenvalue weighted by Gasteiger charge is 2.07. The Morgan fingerprint density at radius 1 is 1.12 bits per heavy atom. The van der Waals surface area contributed by atoms with Crippen LogP contribution in [-0.4, -0.2) is 10.8 Å². The van der Waals surface area contributed by atoms with Gasteiger partial charge in [-0.1, -0.05) is 38.1 Å². The maximum Gasteiger partial charge on any atom is 0.187 e. The Morgan fingerprint density at radius 2 is 1.80 bits per heavy atom. The summed E-state index contributed by atoms with van der Waals surface area (Å²) < 4.78 is 0. The predicted molar refractivity (Wildman–Crippen MR) is 106 cm³/mol. The van der Waals surface area contributed by atoms with Crippen molar-refractivity contribution in [3.05, 3.63) is 65.0 Å². The molecule has 1 atom stereocenters. The number of nitrogens with one attached hydrogen (secondary N) is 1. The molecule has 0 aliphatic rings. The number of ketones is 1. The number of carbonyl (C=O) groups is 1. The minimum atomic E-state index is 0.0731. The fourth-order valence-electron chi connectivity index (χ4n) is 2.59. The summed E-state index contributed by atoms with van der Waals surface area (Å²) in [5, 5.41) is 6.20. The maximum atomic E-state index is 11.3. The zero-order valence-electron chi connectivity index (χ0n) is 14.7. The van der Waals surface area contributed by atoms with Crippen LogP contribution in [0.1, 0.15) is 49.0 Å². The molecule has 128 valence electrons. The van der Waals surface area contributed by atoms with E-state index < -0.39 is 0 Å². The molecular weight excluding hydrogens is 328 g/mol. The molecule has 0 fully saturated rings. The zero-order chi connectivity index (χ0) is 17.8. The maximum absolute atomic E-state index is 11.3. The number of rotatable bonds is 6. The summed E-state index contributed by atoms with van der Waals surface area (Å²) >= 11 is 1.58. The van der Waals surface area contributed by atoms with Crippen molar-refractivity contribution in [2.24, 2.45) is 0 Å². The van der Waals surface area contributed by atoms with E-state index in [1.54, 1.807) is 18.3 Å². The van der Waals surface area contributed by atoms with E-state index in [0.29, 0.717) is 11.5 Å². The summed E-state index contributed by atoms with van der Waals surface area (Å²) in [7, 11) is 0. The van der Waals surface area contributed by atoms with E-state index in [2.05, 4.69) is 53.8 Å². The third-order valence-electron chi connectivity index (χ3n) is 4.43. The smallest absolute Gasteiger partial charge is 0.187 e. The molecule has 0 aliphatic carbocycles. The van der Waals surface area contributed by atoms with Gasteiger partial charge in [0.15, 0.2) is 10.9 Å². The van der Waals surface area contributed by atoms with Crippen LogP contribution in [0.25, 0.3) is 11.3 Å². The number of anilines is 2.